The van der Waals surface area contributed by atoms with Gasteiger partial charge >= 0.3 is 0 Å². The minimum absolute atomic E-state index is 0.583. The number of nitrogens with zero attached hydrogens (tertiary/aromatic N) is 3. The lowest BCUT2D eigenvalue weighted by Crippen LogP contribution is -2.24. The monoisotopic (exact) mass is 492 g/mol. The van der Waals surface area contributed by atoms with E-state index in [1.54, 1.807) is 0 Å². The van der Waals surface area contributed by atoms with Gasteiger partial charge in [0.15, 0.2) is 12.1 Å². The highest BCUT2D eigenvalue weighted by Gasteiger charge is 2.32. The number of benzene rings is 4. The number of allylic oxidation sites excluding steroid dienone is 2. The number of anilines is 1. The minimum Gasteiger partial charge on any atom is -0.368 e. The van der Waals surface area contributed by atoms with Crippen molar-refractivity contribution in [3.8, 4) is 11.1 Å². The Morgan fingerprint density at radius 2 is 1.39 bits per heavy atom. The van der Waals surface area contributed by atoms with Gasteiger partial charge in [0.1, 0.15) is 5.84 Å². The summed E-state index contributed by atoms with van der Waals surface area (Å²) < 4.78 is 2.03. The molecule has 1 aromatic heterocycles. The normalized spacial score (nSPS) is 16.5. The van der Waals surface area contributed by atoms with E-state index in [4.69, 9.17) is 9.98 Å². The van der Waals surface area contributed by atoms with Crippen LogP contribution < -0.4 is 5.32 Å². The molecule has 0 radical (unpaired) electrons. The molecule has 2 aliphatic heterocycles. The maximum absolute atomic E-state index is 11.4. The Kier molecular flexibility index (Phi) is 5.17. The molecule has 5 heteroatoms. The molecule has 1 unspecified atom stereocenters. The Morgan fingerprint density at radius 1 is 0.737 bits per heavy atom. The van der Waals surface area contributed by atoms with Gasteiger partial charge in [-0.3, -0.25) is 4.57 Å². The zero-order valence-electron chi connectivity index (χ0n) is 20.5. The van der Waals surface area contributed by atoms with Crippen molar-refractivity contribution in [3.05, 3.63) is 144 Å². The van der Waals surface area contributed by atoms with Crippen LogP contribution in [0.2, 0.25) is 0 Å². The number of aliphatic hydroxyl groups is 1. The van der Waals surface area contributed by atoms with Crippen molar-refractivity contribution in [2.75, 3.05) is 5.32 Å². The molecule has 2 aliphatic rings. The first-order chi connectivity index (χ1) is 18.7. The van der Waals surface area contributed by atoms with Gasteiger partial charge in [-0.15, -0.1) is 0 Å². The lowest BCUT2D eigenvalue weighted by atomic mass is 9.96. The number of aromatic nitrogens is 1. The van der Waals surface area contributed by atoms with Gasteiger partial charge < -0.3 is 10.4 Å². The number of para-hydroxylation sites is 2. The van der Waals surface area contributed by atoms with Crippen LogP contribution >= 0.6 is 0 Å². The fourth-order valence-electron chi connectivity index (χ4n) is 5.31. The van der Waals surface area contributed by atoms with Gasteiger partial charge in [-0.05, 0) is 18.2 Å². The molecule has 5 aromatic rings. The molecule has 0 saturated carbocycles. The van der Waals surface area contributed by atoms with Crippen molar-refractivity contribution in [1.82, 2.24) is 4.57 Å². The summed E-state index contributed by atoms with van der Waals surface area (Å²) in [5.41, 5.74) is 7.97. The lowest BCUT2D eigenvalue weighted by Gasteiger charge is -2.26. The summed E-state index contributed by atoms with van der Waals surface area (Å²) in [6.07, 6.45) is 1.04. The van der Waals surface area contributed by atoms with Gasteiger partial charge in [-0.1, -0.05) is 104 Å². The van der Waals surface area contributed by atoms with E-state index < -0.39 is 6.23 Å². The summed E-state index contributed by atoms with van der Waals surface area (Å²) in [6.45, 7) is 4.44. The second-order valence-corrected chi connectivity index (χ2v) is 9.36. The Labute approximate surface area is 220 Å². The fourth-order valence-corrected chi connectivity index (χ4v) is 5.31. The number of aliphatic hydroxyl groups excluding tert-OH is 1. The molecule has 38 heavy (non-hydrogen) atoms. The number of fused-ring (bicyclic) bond motifs is 5. The predicted octanol–water partition coefficient (Wildman–Crippen LogP) is 7.03. The first kappa shape index (κ1) is 22.2. The third-order valence-electron chi connectivity index (χ3n) is 7.01. The van der Waals surface area contributed by atoms with Crippen LogP contribution in [0.4, 0.5) is 5.69 Å². The zero-order chi connectivity index (χ0) is 25.6. The SMILES string of the molecule is C=C1C=C(c2ccccc2)N=C(c2ccccc2)N=C1n1c2c(c3ccccc31)-c1ccccc1NC2O. The fraction of sp³-hybridized carbons (Fsp3) is 0.0303. The quantitative estimate of drug-likeness (QED) is 0.278. The Hall–Kier alpha value is -5.00. The van der Waals surface area contributed by atoms with E-state index in [-0.39, 0.29) is 0 Å². The Morgan fingerprint density at radius 3 is 2.18 bits per heavy atom. The van der Waals surface area contributed by atoms with E-state index >= 15 is 0 Å². The molecular weight excluding hydrogens is 468 g/mol. The highest BCUT2D eigenvalue weighted by Crippen LogP contribution is 2.45. The summed E-state index contributed by atoms with van der Waals surface area (Å²) in [4.78, 5) is 10.1. The number of amidine groups is 1. The zero-order valence-corrected chi connectivity index (χ0v) is 20.5. The third kappa shape index (κ3) is 3.52. The molecule has 1 atom stereocenters. The van der Waals surface area contributed by atoms with Gasteiger partial charge in [0.2, 0.25) is 0 Å². The Bertz CT molecular complexity index is 1810. The average Bonchev–Trinajstić information content (AvgIpc) is 3.21. The van der Waals surface area contributed by atoms with E-state index in [0.29, 0.717) is 17.2 Å². The van der Waals surface area contributed by atoms with Gasteiger partial charge in [0, 0.05) is 38.9 Å². The van der Waals surface area contributed by atoms with E-state index in [1.165, 1.54) is 0 Å². The van der Waals surface area contributed by atoms with Gasteiger partial charge in [0.25, 0.3) is 0 Å². The lowest BCUT2D eigenvalue weighted by molar-refractivity contribution is 0.202. The standard InChI is InChI=1S/C33H24N4O/c1-21-20-27(22-12-4-2-5-13-22)34-31(23-14-6-3-7-15-23)36-32(21)37-28-19-11-9-17-25(28)29-24-16-8-10-18-26(24)35-33(38)30(29)37/h2-20,33,35,38H,1H2. The maximum atomic E-state index is 11.4. The smallest absolute Gasteiger partial charge is 0.167 e. The van der Waals surface area contributed by atoms with Crippen molar-refractivity contribution in [3.63, 3.8) is 0 Å². The van der Waals surface area contributed by atoms with E-state index in [1.807, 2.05) is 102 Å². The Balaban J connectivity index is 1.52. The van der Waals surface area contributed by atoms with Gasteiger partial charge in [0.05, 0.1) is 16.9 Å². The van der Waals surface area contributed by atoms with Crippen LogP contribution in [0.1, 0.15) is 23.0 Å². The number of hydrogen-bond acceptors (Lipinski definition) is 4. The molecule has 7 rings (SSSR count). The molecule has 4 aromatic carbocycles. The summed E-state index contributed by atoms with van der Waals surface area (Å²) >= 11 is 0. The molecule has 2 N–H and O–H groups in total. The summed E-state index contributed by atoms with van der Waals surface area (Å²) in [5.74, 6) is 1.20. The van der Waals surface area contributed by atoms with E-state index in [2.05, 4.69) is 30.1 Å². The van der Waals surface area contributed by atoms with Gasteiger partial charge in [-0.25, -0.2) is 9.98 Å². The van der Waals surface area contributed by atoms with E-state index in [0.717, 1.165) is 50.2 Å². The largest absolute Gasteiger partial charge is 0.368 e. The average molecular weight is 493 g/mol. The highest BCUT2D eigenvalue weighted by molar-refractivity contribution is 6.20. The molecular formula is C33H24N4O. The van der Waals surface area contributed by atoms with Crippen molar-refractivity contribution in [2.24, 2.45) is 9.98 Å². The number of nitrogens with one attached hydrogen (secondary N) is 1. The van der Waals surface area contributed by atoms with Crippen molar-refractivity contribution in [1.29, 1.82) is 0 Å². The summed E-state index contributed by atoms with van der Waals surface area (Å²) in [6, 6.07) is 36.3. The summed E-state index contributed by atoms with van der Waals surface area (Å²) in [5, 5.41) is 15.7. The van der Waals surface area contributed by atoms with Crippen LogP contribution in [-0.4, -0.2) is 21.3 Å². The van der Waals surface area contributed by atoms with Crippen LogP contribution in [0.5, 0.6) is 0 Å². The summed E-state index contributed by atoms with van der Waals surface area (Å²) in [7, 11) is 0. The van der Waals surface area contributed by atoms with Crippen LogP contribution in [0.15, 0.2) is 137 Å². The third-order valence-corrected chi connectivity index (χ3v) is 7.01. The first-order valence-corrected chi connectivity index (χ1v) is 12.6. The second-order valence-electron chi connectivity index (χ2n) is 9.36. The second kappa shape index (κ2) is 8.83. The van der Waals surface area contributed by atoms with Crippen LogP contribution in [0.25, 0.3) is 27.7 Å². The minimum atomic E-state index is -0.930. The molecule has 5 nitrogen and oxygen atoms in total. The van der Waals surface area contributed by atoms with Crippen molar-refractivity contribution >= 4 is 34.0 Å². The first-order valence-electron chi connectivity index (χ1n) is 12.6. The molecule has 0 saturated heterocycles. The number of hydrogen-bond donors (Lipinski definition) is 2. The number of aliphatic imine (C=N–C) groups is 2. The number of rotatable bonds is 2. The molecule has 182 valence electrons. The van der Waals surface area contributed by atoms with Crippen molar-refractivity contribution < 1.29 is 5.11 Å². The van der Waals surface area contributed by atoms with E-state index in [9.17, 15) is 5.11 Å². The topological polar surface area (TPSA) is 61.9 Å². The van der Waals surface area contributed by atoms with Crippen molar-refractivity contribution in [2.45, 2.75) is 6.23 Å². The molecule has 0 aliphatic carbocycles. The molecule has 3 heterocycles. The molecule has 0 fully saturated rings. The molecule has 0 amide bonds. The molecule has 0 spiro atoms. The van der Waals surface area contributed by atoms with Crippen LogP contribution in [0.3, 0.4) is 0 Å². The van der Waals surface area contributed by atoms with Crippen LogP contribution in [0, 0.1) is 0 Å². The molecule has 0 bridgehead atoms. The van der Waals surface area contributed by atoms with Crippen LogP contribution in [-0.2, 0) is 0 Å². The maximum Gasteiger partial charge on any atom is 0.167 e. The predicted molar refractivity (Wildman–Crippen MR) is 155 cm³/mol. The highest BCUT2D eigenvalue weighted by atomic mass is 16.3. The van der Waals surface area contributed by atoms with Gasteiger partial charge in [-0.2, -0.15) is 0 Å².